The predicted molar refractivity (Wildman–Crippen MR) is 58.8 cm³/mol. The molecule has 70 valence electrons. The largest absolute Gasteiger partial charge is 0.398 e. The number of rotatable bonds is 3. The molecule has 0 spiro atoms. The topological polar surface area (TPSA) is 26.0 Å². The summed E-state index contributed by atoms with van der Waals surface area (Å²) in [6, 6.07) is 6.24. The minimum atomic E-state index is 0.559. The summed E-state index contributed by atoms with van der Waals surface area (Å²) in [5.41, 5.74) is 9.21. The van der Waals surface area contributed by atoms with Gasteiger partial charge in [0.05, 0.1) is 0 Å². The van der Waals surface area contributed by atoms with Crippen molar-refractivity contribution in [1.82, 2.24) is 0 Å². The number of nitrogen functional groups attached to an aromatic ring is 1. The zero-order valence-corrected chi connectivity index (χ0v) is 8.38. The van der Waals surface area contributed by atoms with Gasteiger partial charge in [-0.05, 0) is 29.5 Å². The van der Waals surface area contributed by atoms with Crippen LogP contribution in [0.2, 0.25) is 0 Å². The third-order valence-electron chi connectivity index (χ3n) is 2.20. The summed E-state index contributed by atoms with van der Waals surface area (Å²) in [6.07, 6.45) is 2.74. The number of anilines is 1. The van der Waals surface area contributed by atoms with E-state index in [0.717, 1.165) is 12.1 Å². The van der Waals surface area contributed by atoms with Crippen molar-refractivity contribution in [3.63, 3.8) is 0 Å². The molecular formula is C12H17N. The summed E-state index contributed by atoms with van der Waals surface area (Å²) in [5.74, 6) is 0.559. The van der Waals surface area contributed by atoms with E-state index in [2.05, 4.69) is 32.6 Å². The van der Waals surface area contributed by atoms with Crippen LogP contribution in [0.15, 0.2) is 30.9 Å². The van der Waals surface area contributed by atoms with Crippen LogP contribution in [0.25, 0.3) is 0 Å². The lowest BCUT2D eigenvalue weighted by Crippen LogP contribution is -1.96. The fourth-order valence-electron chi connectivity index (χ4n) is 1.32. The van der Waals surface area contributed by atoms with Crippen molar-refractivity contribution >= 4 is 5.69 Å². The summed E-state index contributed by atoms with van der Waals surface area (Å²) in [7, 11) is 0. The maximum absolute atomic E-state index is 5.83. The van der Waals surface area contributed by atoms with Crippen molar-refractivity contribution in [2.45, 2.75) is 26.2 Å². The first-order valence-electron chi connectivity index (χ1n) is 4.64. The van der Waals surface area contributed by atoms with Crippen LogP contribution in [-0.4, -0.2) is 0 Å². The van der Waals surface area contributed by atoms with Gasteiger partial charge >= 0.3 is 0 Å². The van der Waals surface area contributed by atoms with Crippen molar-refractivity contribution < 1.29 is 0 Å². The Kier molecular flexibility index (Phi) is 3.13. The molecular weight excluding hydrogens is 158 g/mol. The minimum absolute atomic E-state index is 0.559. The fourth-order valence-corrected chi connectivity index (χ4v) is 1.32. The van der Waals surface area contributed by atoms with E-state index in [0.29, 0.717) is 5.92 Å². The van der Waals surface area contributed by atoms with Crippen LogP contribution >= 0.6 is 0 Å². The van der Waals surface area contributed by atoms with Crippen molar-refractivity contribution in [1.29, 1.82) is 0 Å². The maximum Gasteiger partial charge on any atom is 0.0349 e. The van der Waals surface area contributed by atoms with Gasteiger partial charge in [-0.3, -0.25) is 0 Å². The molecule has 0 fully saturated rings. The van der Waals surface area contributed by atoms with Crippen LogP contribution in [0.3, 0.4) is 0 Å². The van der Waals surface area contributed by atoms with Gasteiger partial charge in [-0.25, -0.2) is 0 Å². The van der Waals surface area contributed by atoms with Crippen LogP contribution < -0.4 is 5.73 Å². The maximum atomic E-state index is 5.83. The van der Waals surface area contributed by atoms with Gasteiger partial charge in [0.25, 0.3) is 0 Å². The monoisotopic (exact) mass is 175 g/mol. The smallest absolute Gasteiger partial charge is 0.0349 e. The fraction of sp³-hybridized carbons (Fsp3) is 0.333. The van der Waals surface area contributed by atoms with Gasteiger partial charge in [-0.15, -0.1) is 6.58 Å². The molecule has 1 nitrogen and oxygen atoms in total. The zero-order valence-electron chi connectivity index (χ0n) is 8.38. The third-order valence-corrected chi connectivity index (χ3v) is 2.20. The Balaban J connectivity index is 3.03. The number of hydrogen-bond acceptors (Lipinski definition) is 1. The van der Waals surface area contributed by atoms with Crippen molar-refractivity contribution in [2.24, 2.45) is 0 Å². The molecule has 0 unspecified atom stereocenters. The van der Waals surface area contributed by atoms with E-state index in [1.807, 2.05) is 12.1 Å². The molecule has 0 atom stereocenters. The van der Waals surface area contributed by atoms with Crippen molar-refractivity contribution in [3.05, 3.63) is 42.0 Å². The molecule has 2 N–H and O–H groups in total. The van der Waals surface area contributed by atoms with E-state index >= 15 is 0 Å². The van der Waals surface area contributed by atoms with E-state index in [-0.39, 0.29) is 0 Å². The van der Waals surface area contributed by atoms with Crippen molar-refractivity contribution in [2.75, 3.05) is 5.73 Å². The second kappa shape index (κ2) is 4.13. The molecule has 0 aliphatic rings. The summed E-state index contributed by atoms with van der Waals surface area (Å²) in [6.45, 7) is 8.08. The third kappa shape index (κ3) is 2.35. The molecule has 1 rings (SSSR count). The first-order valence-corrected chi connectivity index (χ1v) is 4.64. The van der Waals surface area contributed by atoms with E-state index in [1.54, 1.807) is 0 Å². The molecule has 0 aromatic heterocycles. The van der Waals surface area contributed by atoms with Gasteiger partial charge < -0.3 is 5.73 Å². The molecule has 0 amide bonds. The molecule has 0 aliphatic carbocycles. The van der Waals surface area contributed by atoms with Gasteiger partial charge in [-0.1, -0.05) is 32.1 Å². The first-order chi connectivity index (χ1) is 6.15. The lowest BCUT2D eigenvalue weighted by molar-refractivity contribution is 0.864. The van der Waals surface area contributed by atoms with E-state index in [1.165, 1.54) is 11.1 Å². The molecule has 0 aliphatic heterocycles. The van der Waals surface area contributed by atoms with Gasteiger partial charge in [0, 0.05) is 5.69 Å². The highest BCUT2D eigenvalue weighted by Crippen LogP contribution is 2.20. The van der Waals surface area contributed by atoms with Crippen LogP contribution in [0.4, 0.5) is 5.69 Å². The Morgan fingerprint density at radius 1 is 1.46 bits per heavy atom. The zero-order chi connectivity index (χ0) is 9.84. The quantitative estimate of drug-likeness (QED) is 0.554. The number of hydrogen-bond donors (Lipinski definition) is 1. The van der Waals surface area contributed by atoms with Gasteiger partial charge in [0.1, 0.15) is 0 Å². The standard InChI is InChI=1S/C12H17N/c1-4-5-11-8-10(9(2)3)6-7-12(11)13/h4,6-9H,1,5,13H2,2-3H3. The van der Waals surface area contributed by atoms with Crippen LogP contribution in [0.5, 0.6) is 0 Å². The highest BCUT2D eigenvalue weighted by molar-refractivity contribution is 5.49. The summed E-state index contributed by atoms with van der Waals surface area (Å²) in [5, 5.41) is 0. The average molecular weight is 175 g/mol. The summed E-state index contributed by atoms with van der Waals surface area (Å²) >= 11 is 0. The molecule has 0 saturated carbocycles. The Bertz CT molecular complexity index is 300. The molecule has 1 aromatic rings. The summed E-state index contributed by atoms with van der Waals surface area (Å²) < 4.78 is 0. The van der Waals surface area contributed by atoms with E-state index in [4.69, 9.17) is 5.73 Å². The Hall–Kier alpha value is -1.24. The molecule has 0 heterocycles. The van der Waals surface area contributed by atoms with Gasteiger partial charge in [0.15, 0.2) is 0 Å². The molecule has 0 bridgehead atoms. The normalized spacial score (nSPS) is 10.4. The molecule has 1 aromatic carbocycles. The Morgan fingerprint density at radius 2 is 2.15 bits per heavy atom. The number of benzene rings is 1. The second-order valence-electron chi connectivity index (χ2n) is 3.61. The predicted octanol–water partition coefficient (Wildman–Crippen LogP) is 3.12. The summed E-state index contributed by atoms with van der Waals surface area (Å²) in [4.78, 5) is 0. The van der Waals surface area contributed by atoms with Crippen LogP contribution in [0.1, 0.15) is 30.9 Å². The minimum Gasteiger partial charge on any atom is -0.398 e. The van der Waals surface area contributed by atoms with Gasteiger partial charge in [-0.2, -0.15) is 0 Å². The average Bonchev–Trinajstić information content (AvgIpc) is 2.08. The molecule has 0 radical (unpaired) electrons. The molecule has 13 heavy (non-hydrogen) atoms. The molecule has 0 saturated heterocycles. The van der Waals surface area contributed by atoms with Crippen LogP contribution in [0, 0.1) is 0 Å². The Labute approximate surface area is 80.3 Å². The SMILES string of the molecule is C=CCc1cc(C(C)C)ccc1N. The highest BCUT2D eigenvalue weighted by Gasteiger charge is 2.02. The van der Waals surface area contributed by atoms with Gasteiger partial charge in [0.2, 0.25) is 0 Å². The lowest BCUT2D eigenvalue weighted by atomic mass is 9.98. The van der Waals surface area contributed by atoms with Crippen LogP contribution in [-0.2, 0) is 6.42 Å². The van der Waals surface area contributed by atoms with E-state index in [9.17, 15) is 0 Å². The number of allylic oxidation sites excluding steroid dienone is 1. The van der Waals surface area contributed by atoms with E-state index < -0.39 is 0 Å². The highest BCUT2D eigenvalue weighted by atomic mass is 14.6. The first kappa shape index (κ1) is 9.85. The van der Waals surface area contributed by atoms with Crippen molar-refractivity contribution in [3.8, 4) is 0 Å². The Morgan fingerprint density at radius 3 is 2.69 bits per heavy atom. The number of nitrogens with two attached hydrogens (primary N) is 1. The second-order valence-corrected chi connectivity index (χ2v) is 3.61. The lowest BCUT2D eigenvalue weighted by Gasteiger charge is -2.09. The molecule has 1 heteroatoms.